The molecule has 1 heterocycles. The van der Waals surface area contributed by atoms with Crippen molar-refractivity contribution in [3.63, 3.8) is 0 Å². The van der Waals surface area contributed by atoms with E-state index in [1.807, 2.05) is 6.07 Å². The number of hydrogen-bond acceptors (Lipinski definition) is 3. The molecule has 5 heteroatoms. The van der Waals surface area contributed by atoms with Gasteiger partial charge in [0.1, 0.15) is 12.7 Å². The molecule has 0 aliphatic heterocycles. The second-order valence-corrected chi connectivity index (χ2v) is 3.06. The van der Waals surface area contributed by atoms with E-state index in [1.165, 1.54) is 17.2 Å². The molecule has 0 radical (unpaired) electrons. The van der Waals surface area contributed by atoms with Crippen molar-refractivity contribution in [2.45, 2.75) is 6.04 Å². The predicted molar refractivity (Wildman–Crippen MR) is 52.2 cm³/mol. The van der Waals surface area contributed by atoms with E-state index in [4.69, 9.17) is 5.11 Å². The molecule has 0 saturated heterocycles. The largest absolute Gasteiger partial charge is 0.479 e. The first-order valence-electron chi connectivity index (χ1n) is 4.41. The minimum absolute atomic E-state index is 0.699. The van der Waals surface area contributed by atoms with Gasteiger partial charge in [-0.1, -0.05) is 30.3 Å². The first-order valence-corrected chi connectivity index (χ1v) is 4.41. The summed E-state index contributed by atoms with van der Waals surface area (Å²) in [5.74, 6) is -0.930. The molecule has 1 aromatic carbocycles. The lowest BCUT2D eigenvalue weighted by molar-refractivity contribution is -0.139. The van der Waals surface area contributed by atoms with Crippen molar-refractivity contribution >= 4 is 5.97 Å². The Morgan fingerprint density at radius 3 is 2.33 bits per heavy atom. The van der Waals surface area contributed by atoms with Gasteiger partial charge in [0.15, 0.2) is 6.04 Å². The minimum atomic E-state index is -0.930. The van der Waals surface area contributed by atoms with E-state index in [-0.39, 0.29) is 0 Å². The van der Waals surface area contributed by atoms with Crippen molar-refractivity contribution in [2.75, 3.05) is 0 Å². The van der Waals surface area contributed by atoms with Gasteiger partial charge in [-0.05, 0) is 5.56 Å². The molecule has 5 nitrogen and oxygen atoms in total. The fourth-order valence-electron chi connectivity index (χ4n) is 1.42. The highest BCUT2D eigenvalue weighted by Gasteiger charge is 2.20. The molecule has 0 fully saturated rings. The average Bonchev–Trinajstić information content (AvgIpc) is 2.72. The van der Waals surface area contributed by atoms with Crippen LogP contribution in [-0.4, -0.2) is 25.8 Å². The molecule has 76 valence electrons. The van der Waals surface area contributed by atoms with Crippen molar-refractivity contribution in [1.82, 2.24) is 14.8 Å². The molecule has 1 unspecified atom stereocenters. The number of rotatable bonds is 3. The lowest BCUT2D eigenvalue weighted by Gasteiger charge is -2.12. The Labute approximate surface area is 86.0 Å². The SMILES string of the molecule is O=C(O)C(c1ccccc1)n1cnnc1. The third-order valence-corrected chi connectivity index (χ3v) is 2.08. The van der Waals surface area contributed by atoms with Crippen LogP contribution in [0, 0.1) is 0 Å². The van der Waals surface area contributed by atoms with Gasteiger partial charge < -0.3 is 9.67 Å². The van der Waals surface area contributed by atoms with Crippen LogP contribution < -0.4 is 0 Å². The van der Waals surface area contributed by atoms with Crippen LogP contribution in [0.15, 0.2) is 43.0 Å². The highest BCUT2D eigenvalue weighted by molar-refractivity contribution is 5.75. The van der Waals surface area contributed by atoms with Gasteiger partial charge in [-0.3, -0.25) is 0 Å². The maximum Gasteiger partial charge on any atom is 0.331 e. The zero-order valence-corrected chi connectivity index (χ0v) is 7.82. The standard InChI is InChI=1S/C10H9N3O2/c14-10(15)9(13-6-11-12-7-13)8-4-2-1-3-5-8/h1-7,9H,(H,14,15). The Kier molecular flexibility index (Phi) is 2.45. The van der Waals surface area contributed by atoms with Crippen LogP contribution in [0.5, 0.6) is 0 Å². The zero-order valence-electron chi connectivity index (χ0n) is 7.82. The Morgan fingerprint density at radius 2 is 1.80 bits per heavy atom. The number of aliphatic carboxylic acids is 1. The normalized spacial score (nSPS) is 12.3. The molecule has 1 N–H and O–H groups in total. The van der Waals surface area contributed by atoms with Crippen LogP contribution in [0.1, 0.15) is 11.6 Å². The van der Waals surface area contributed by atoms with E-state index < -0.39 is 12.0 Å². The number of aromatic nitrogens is 3. The summed E-state index contributed by atoms with van der Waals surface area (Å²) in [5, 5.41) is 16.3. The first-order chi connectivity index (χ1) is 7.29. The second kappa shape index (κ2) is 3.91. The molecular formula is C10H9N3O2. The van der Waals surface area contributed by atoms with Gasteiger partial charge in [0.05, 0.1) is 0 Å². The van der Waals surface area contributed by atoms with Crippen LogP contribution >= 0.6 is 0 Å². The Hall–Kier alpha value is -2.17. The van der Waals surface area contributed by atoms with Gasteiger partial charge in [-0.25, -0.2) is 4.79 Å². The van der Waals surface area contributed by atoms with E-state index >= 15 is 0 Å². The van der Waals surface area contributed by atoms with Crippen molar-refractivity contribution in [1.29, 1.82) is 0 Å². The highest BCUT2D eigenvalue weighted by atomic mass is 16.4. The lowest BCUT2D eigenvalue weighted by atomic mass is 10.1. The molecule has 0 spiro atoms. The van der Waals surface area contributed by atoms with E-state index in [1.54, 1.807) is 24.3 Å². The van der Waals surface area contributed by atoms with E-state index in [9.17, 15) is 4.79 Å². The zero-order chi connectivity index (χ0) is 10.7. The quantitative estimate of drug-likeness (QED) is 0.806. The Balaban J connectivity index is 2.42. The van der Waals surface area contributed by atoms with Gasteiger partial charge in [-0.15, -0.1) is 10.2 Å². The predicted octanol–water partition coefficient (Wildman–Crippen LogP) is 0.952. The molecule has 2 aromatic rings. The third-order valence-electron chi connectivity index (χ3n) is 2.08. The van der Waals surface area contributed by atoms with Gasteiger partial charge in [0.25, 0.3) is 0 Å². The van der Waals surface area contributed by atoms with Crippen LogP contribution in [0.4, 0.5) is 0 Å². The van der Waals surface area contributed by atoms with Crippen LogP contribution in [0.25, 0.3) is 0 Å². The van der Waals surface area contributed by atoms with E-state index in [0.717, 1.165) is 0 Å². The summed E-state index contributed by atoms with van der Waals surface area (Å²) in [6.07, 6.45) is 2.79. The van der Waals surface area contributed by atoms with Crippen molar-refractivity contribution < 1.29 is 9.90 Å². The second-order valence-electron chi connectivity index (χ2n) is 3.06. The molecule has 1 aromatic heterocycles. The summed E-state index contributed by atoms with van der Waals surface area (Å²) in [6, 6.07) is 8.21. The molecule has 0 aliphatic carbocycles. The number of carbonyl (C=O) groups is 1. The molecule has 0 saturated carbocycles. The van der Waals surface area contributed by atoms with Gasteiger partial charge in [0, 0.05) is 0 Å². The summed E-state index contributed by atoms with van der Waals surface area (Å²) in [7, 11) is 0. The minimum Gasteiger partial charge on any atom is -0.479 e. The Morgan fingerprint density at radius 1 is 1.20 bits per heavy atom. The topological polar surface area (TPSA) is 68.0 Å². The first kappa shape index (κ1) is 9.39. The molecule has 15 heavy (non-hydrogen) atoms. The number of hydrogen-bond donors (Lipinski definition) is 1. The molecule has 1 atom stereocenters. The fraction of sp³-hybridized carbons (Fsp3) is 0.100. The monoisotopic (exact) mass is 203 g/mol. The molecule has 0 bridgehead atoms. The lowest BCUT2D eigenvalue weighted by Crippen LogP contribution is -2.18. The fourth-order valence-corrected chi connectivity index (χ4v) is 1.42. The maximum atomic E-state index is 11.1. The van der Waals surface area contributed by atoms with Crippen LogP contribution in [0.3, 0.4) is 0 Å². The van der Waals surface area contributed by atoms with Gasteiger partial charge in [0.2, 0.25) is 0 Å². The smallest absolute Gasteiger partial charge is 0.331 e. The Bertz CT molecular complexity index is 439. The molecule has 2 rings (SSSR count). The van der Waals surface area contributed by atoms with Gasteiger partial charge in [-0.2, -0.15) is 0 Å². The average molecular weight is 203 g/mol. The molecule has 0 aliphatic rings. The molecular weight excluding hydrogens is 194 g/mol. The van der Waals surface area contributed by atoms with E-state index in [0.29, 0.717) is 5.56 Å². The van der Waals surface area contributed by atoms with Crippen molar-refractivity contribution in [3.8, 4) is 0 Å². The molecule has 0 amide bonds. The number of carboxylic acids is 1. The third kappa shape index (κ3) is 1.85. The summed E-state index contributed by atoms with van der Waals surface area (Å²) in [5.41, 5.74) is 0.699. The van der Waals surface area contributed by atoms with Crippen molar-refractivity contribution in [2.24, 2.45) is 0 Å². The van der Waals surface area contributed by atoms with Crippen LogP contribution in [0.2, 0.25) is 0 Å². The summed E-state index contributed by atoms with van der Waals surface area (Å²) in [4.78, 5) is 11.1. The van der Waals surface area contributed by atoms with Gasteiger partial charge >= 0.3 is 5.97 Å². The maximum absolute atomic E-state index is 11.1. The summed E-state index contributed by atoms with van der Waals surface area (Å²) in [6.45, 7) is 0. The van der Waals surface area contributed by atoms with E-state index in [2.05, 4.69) is 10.2 Å². The number of carboxylic acid groups (broad SMARTS) is 1. The summed E-state index contributed by atoms with van der Waals surface area (Å²) >= 11 is 0. The number of nitrogens with zero attached hydrogens (tertiary/aromatic N) is 3. The highest BCUT2D eigenvalue weighted by Crippen LogP contribution is 2.17. The number of benzene rings is 1. The van der Waals surface area contributed by atoms with Crippen molar-refractivity contribution in [3.05, 3.63) is 48.5 Å². The van der Waals surface area contributed by atoms with Crippen LogP contribution in [-0.2, 0) is 4.79 Å². The summed E-state index contributed by atoms with van der Waals surface area (Å²) < 4.78 is 1.46.